The molecule has 29 heavy (non-hydrogen) atoms. The largest absolute Gasteiger partial charge is 0.507 e. The SMILES string of the molecule is CCOC(=O)C1=C(C)N(c2ccc(C(=O)O)c(O)c2)C(=O)/C1=C\c1ccccc1. The van der Waals surface area contributed by atoms with Gasteiger partial charge in [0.2, 0.25) is 0 Å². The van der Waals surface area contributed by atoms with Gasteiger partial charge in [-0.3, -0.25) is 9.69 Å². The molecule has 0 atom stereocenters. The minimum atomic E-state index is -1.29. The van der Waals surface area contributed by atoms with Gasteiger partial charge in [0.15, 0.2) is 0 Å². The molecule has 1 aliphatic rings. The molecule has 2 N–H and O–H groups in total. The number of carbonyl (C=O) groups excluding carboxylic acids is 2. The van der Waals surface area contributed by atoms with Gasteiger partial charge in [-0.05, 0) is 37.6 Å². The zero-order valence-corrected chi connectivity index (χ0v) is 15.9. The van der Waals surface area contributed by atoms with Crippen molar-refractivity contribution in [1.29, 1.82) is 0 Å². The topological polar surface area (TPSA) is 104 Å². The van der Waals surface area contributed by atoms with Gasteiger partial charge in [-0.15, -0.1) is 0 Å². The zero-order valence-electron chi connectivity index (χ0n) is 15.9. The number of aromatic carboxylic acids is 1. The molecule has 0 aliphatic carbocycles. The highest BCUT2D eigenvalue weighted by Crippen LogP contribution is 2.37. The van der Waals surface area contributed by atoms with Crippen LogP contribution in [0.5, 0.6) is 5.75 Å². The van der Waals surface area contributed by atoms with E-state index in [9.17, 15) is 19.5 Å². The first-order valence-corrected chi connectivity index (χ1v) is 8.91. The highest BCUT2D eigenvalue weighted by Gasteiger charge is 2.38. The van der Waals surface area contributed by atoms with Gasteiger partial charge in [0, 0.05) is 11.8 Å². The molecule has 2 aromatic carbocycles. The number of rotatable bonds is 5. The number of aromatic hydroxyl groups is 1. The fraction of sp³-hybridized carbons (Fsp3) is 0.136. The number of hydrogen-bond acceptors (Lipinski definition) is 5. The standard InChI is InChI=1S/C22H19NO6/c1-3-29-22(28)19-13(2)23(15-9-10-16(21(26)27)18(24)12-15)20(25)17(19)11-14-7-5-4-6-8-14/h4-12,24H,3H2,1-2H3,(H,26,27)/b17-11-. The number of amides is 1. The number of carboxylic acid groups (broad SMARTS) is 1. The van der Waals surface area contributed by atoms with Crippen molar-refractivity contribution in [2.24, 2.45) is 0 Å². The molecule has 2 aromatic rings. The maximum atomic E-state index is 13.2. The van der Waals surface area contributed by atoms with Gasteiger partial charge in [0.1, 0.15) is 11.3 Å². The molecule has 0 saturated carbocycles. The molecular weight excluding hydrogens is 374 g/mol. The fourth-order valence-corrected chi connectivity index (χ4v) is 3.15. The van der Waals surface area contributed by atoms with Crippen molar-refractivity contribution in [3.05, 3.63) is 76.5 Å². The number of carbonyl (C=O) groups is 3. The fourth-order valence-electron chi connectivity index (χ4n) is 3.15. The molecule has 7 nitrogen and oxygen atoms in total. The minimum Gasteiger partial charge on any atom is -0.507 e. The third kappa shape index (κ3) is 3.75. The highest BCUT2D eigenvalue weighted by molar-refractivity contribution is 6.24. The smallest absolute Gasteiger partial charge is 0.340 e. The summed E-state index contributed by atoms with van der Waals surface area (Å²) in [6, 6.07) is 12.8. The molecule has 0 spiro atoms. The van der Waals surface area contributed by atoms with Crippen LogP contribution in [0.3, 0.4) is 0 Å². The first-order chi connectivity index (χ1) is 13.8. The van der Waals surface area contributed by atoms with Gasteiger partial charge in [0.05, 0.1) is 23.4 Å². The van der Waals surface area contributed by atoms with Crippen LogP contribution in [0.4, 0.5) is 5.69 Å². The molecule has 1 amide bonds. The minimum absolute atomic E-state index is 0.127. The number of phenols is 1. The highest BCUT2D eigenvalue weighted by atomic mass is 16.5. The second-order valence-electron chi connectivity index (χ2n) is 6.30. The molecule has 3 rings (SSSR count). The number of allylic oxidation sites excluding steroid dienone is 1. The Balaban J connectivity index is 2.13. The number of nitrogens with zero attached hydrogens (tertiary/aromatic N) is 1. The van der Waals surface area contributed by atoms with Gasteiger partial charge in [-0.2, -0.15) is 0 Å². The second kappa shape index (κ2) is 8.02. The number of anilines is 1. The van der Waals surface area contributed by atoms with Crippen molar-refractivity contribution in [2.75, 3.05) is 11.5 Å². The van der Waals surface area contributed by atoms with Crippen LogP contribution in [0.25, 0.3) is 6.08 Å². The third-order valence-electron chi connectivity index (χ3n) is 4.46. The van der Waals surface area contributed by atoms with E-state index in [1.54, 1.807) is 32.1 Å². The number of benzene rings is 2. The van der Waals surface area contributed by atoms with Crippen LogP contribution in [0, 0.1) is 0 Å². The second-order valence-corrected chi connectivity index (χ2v) is 6.30. The molecule has 0 fully saturated rings. The van der Waals surface area contributed by atoms with Gasteiger partial charge in [0.25, 0.3) is 5.91 Å². The van der Waals surface area contributed by atoms with E-state index >= 15 is 0 Å². The van der Waals surface area contributed by atoms with Crippen LogP contribution >= 0.6 is 0 Å². The van der Waals surface area contributed by atoms with E-state index in [1.165, 1.54) is 23.1 Å². The third-order valence-corrected chi connectivity index (χ3v) is 4.46. The van der Waals surface area contributed by atoms with Crippen LogP contribution < -0.4 is 4.90 Å². The maximum absolute atomic E-state index is 13.2. The van der Waals surface area contributed by atoms with Crippen molar-refractivity contribution in [1.82, 2.24) is 0 Å². The Kier molecular flexibility index (Phi) is 5.50. The average Bonchev–Trinajstić information content (AvgIpc) is 2.92. The normalized spacial score (nSPS) is 15.2. The van der Waals surface area contributed by atoms with E-state index < -0.39 is 23.6 Å². The van der Waals surface area contributed by atoms with Gasteiger partial charge < -0.3 is 14.9 Å². The van der Waals surface area contributed by atoms with Crippen molar-refractivity contribution in [3.63, 3.8) is 0 Å². The van der Waals surface area contributed by atoms with Gasteiger partial charge in [-0.1, -0.05) is 30.3 Å². The van der Waals surface area contributed by atoms with E-state index in [0.29, 0.717) is 5.70 Å². The van der Waals surface area contributed by atoms with E-state index in [1.807, 2.05) is 18.2 Å². The Morgan fingerprint density at radius 2 is 1.83 bits per heavy atom. The van der Waals surface area contributed by atoms with Crippen LogP contribution in [0.1, 0.15) is 29.8 Å². The first kappa shape index (κ1) is 19.9. The lowest BCUT2D eigenvalue weighted by molar-refractivity contribution is -0.138. The van der Waals surface area contributed by atoms with Crippen LogP contribution in [-0.2, 0) is 14.3 Å². The summed E-state index contributed by atoms with van der Waals surface area (Å²) in [6.45, 7) is 3.42. The Morgan fingerprint density at radius 1 is 1.14 bits per heavy atom. The summed E-state index contributed by atoms with van der Waals surface area (Å²) in [5.41, 5.74) is 1.31. The predicted molar refractivity (Wildman–Crippen MR) is 106 cm³/mol. The lowest BCUT2D eigenvalue weighted by Gasteiger charge is -2.18. The zero-order chi connectivity index (χ0) is 21.1. The molecule has 7 heteroatoms. The van der Waals surface area contributed by atoms with Crippen LogP contribution in [0.15, 0.2) is 65.4 Å². The molecule has 0 aromatic heterocycles. The van der Waals surface area contributed by atoms with Crippen molar-refractivity contribution in [2.45, 2.75) is 13.8 Å². The van der Waals surface area contributed by atoms with Gasteiger partial charge in [-0.25, -0.2) is 9.59 Å². The molecule has 0 saturated heterocycles. The molecule has 0 unspecified atom stereocenters. The molecule has 148 valence electrons. The summed E-state index contributed by atoms with van der Waals surface area (Å²) in [6.07, 6.45) is 1.60. The molecular formula is C22H19NO6. The van der Waals surface area contributed by atoms with Crippen molar-refractivity contribution in [3.8, 4) is 5.75 Å². The summed E-state index contributed by atoms with van der Waals surface area (Å²) in [5.74, 6) is -2.87. The van der Waals surface area contributed by atoms with Crippen molar-refractivity contribution < 1.29 is 29.3 Å². The van der Waals surface area contributed by atoms with E-state index in [2.05, 4.69) is 0 Å². The predicted octanol–water partition coefficient (Wildman–Crippen LogP) is 3.36. The number of carboxylic acids is 1. The number of esters is 1. The Hall–Kier alpha value is -3.87. The summed E-state index contributed by atoms with van der Waals surface area (Å²) in [7, 11) is 0. The maximum Gasteiger partial charge on any atom is 0.340 e. The van der Waals surface area contributed by atoms with E-state index in [-0.39, 0.29) is 29.0 Å². The quantitative estimate of drug-likeness (QED) is 0.596. The summed E-state index contributed by atoms with van der Waals surface area (Å²) < 4.78 is 5.13. The van der Waals surface area contributed by atoms with Crippen LogP contribution in [-0.4, -0.2) is 34.7 Å². The number of hydrogen-bond donors (Lipinski definition) is 2. The first-order valence-electron chi connectivity index (χ1n) is 8.91. The van der Waals surface area contributed by atoms with Crippen LogP contribution in [0.2, 0.25) is 0 Å². The summed E-state index contributed by atoms with van der Waals surface area (Å²) >= 11 is 0. The number of ether oxygens (including phenoxy) is 1. The van der Waals surface area contributed by atoms with Gasteiger partial charge >= 0.3 is 11.9 Å². The Labute approximate surface area is 167 Å². The average molecular weight is 393 g/mol. The lowest BCUT2D eigenvalue weighted by atomic mass is 10.0. The lowest BCUT2D eigenvalue weighted by Crippen LogP contribution is -2.24. The molecule has 0 bridgehead atoms. The Bertz CT molecular complexity index is 1050. The summed E-state index contributed by atoms with van der Waals surface area (Å²) in [4.78, 5) is 38.1. The van der Waals surface area contributed by atoms with Crippen molar-refractivity contribution >= 4 is 29.6 Å². The van der Waals surface area contributed by atoms with E-state index in [0.717, 1.165) is 5.56 Å². The van der Waals surface area contributed by atoms with E-state index in [4.69, 9.17) is 9.84 Å². The monoisotopic (exact) mass is 393 g/mol. The molecule has 1 heterocycles. The molecule has 0 radical (unpaired) electrons. The Morgan fingerprint density at radius 3 is 2.41 bits per heavy atom. The summed E-state index contributed by atoms with van der Waals surface area (Å²) in [5, 5.41) is 19.1. The molecule has 1 aliphatic heterocycles.